The van der Waals surface area contributed by atoms with Gasteiger partial charge in [-0.25, -0.2) is 0 Å². The molecule has 0 saturated carbocycles. The van der Waals surface area contributed by atoms with Gasteiger partial charge in [0.25, 0.3) is 0 Å². The van der Waals surface area contributed by atoms with E-state index < -0.39 is 0 Å². The lowest BCUT2D eigenvalue weighted by Gasteiger charge is -2.05. The molecule has 0 amide bonds. The van der Waals surface area contributed by atoms with Crippen LogP contribution in [0.15, 0.2) is 54.9 Å². The summed E-state index contributed by atoms with van der Waals surface area (Å²) in [5, 5.41) is 2.57. The van der Waals surface area contributed by atoms with Gasteiger partial charge in [0.2, 0.25) is 0 Å². The fraction of sp³-hybridized carbons (Fsp3) is 0.125. The molecule has 0 aliphatic rings. The van der Waals surface area contributed by atoms with Crippen molar-refractivity contribution in [2.24, 2.45) is 0 Å². The van der Waals surface area contributed by atoms with Crippen molar-refractivity contribution in [3.63, 3.8) is 0 Å². The molecule has 1 aromatic heterocycles. The molecule has 84 valence electrons. The summed E-state index contributed by atoms with van der Waals surface area (Å²) in [6.07, 6.45) is 4.37. The maximum atomic E-state index is 2.21. The van der Waals surface area contributed by atoms with Crippen molar-refractivity contribution in [1.82, 2.24) is 4.57 Å². The summed E-state index contributed by atoms with van der Waals surface area (Å²) in [5.41, 5.74) is 3.84. The molecule has 1 heterocycles. The van der Waals surface area contributed by atoms with E-state index in [1.165, 1.54) is 27.6 Å². The average Bonchev–Trinajstić information content (AvgIpc) is 2.71. The van der Waals surface area contributed by atoms with Crippen molar-refractivity contribution in [3.05, 3.63) is 66.0 Å². The van der Waals surface area contributed by atoms with Crippen LogP contribution < -0.4 is 0 Å². The monoisotopic (exact) mass is 221 g/mol. The summed E-state index contributed by atoms with van der Waals surface area (Å²) in [5.74, 6) is 0. The molecular formula is C16H15N. The van der Waals surface area contributed by atoms with Gasteiger partial charge in [0.1, 0.15) is 0 Å². The van der Waals surface area contributed by atoms with E-state index in [2.05, 4.69) is 73.3 Å². The zero-order chi connectivity index (χ0) is 11.8. The van der Waals surface area contributed by atoms with Crippen molar-refractivity contribution in [3.8, 4) is 5.69 Å². The van der Waals surface area contributed by atoms with Crippen LogP contribution >= 0.6 is 0 Å². The van der Waals surface area contributed by atoms with Gasteiger partial charge < -0.3 is 4.57 Å². The highest BCUT2D eigenvalue weighted by molar-refractivity contribution is 5.82. The smallest absolute Gasteiger partial charge is 0.0455 e. The molecule has 0 atom stereocenters. The molecule has 3 rings (SSSR count). The number of benzene rings is 2. The van der Waals surface area contributed by atoms with E-state index in [0.29, 0.717) is 0 Å². The van der Waals surface area contributed by atoms with Crippen molar-refractivity contribution in [2.45, 2.75) is 13.8 Å². The van der Waals surface area contributed by atoms with E-state index in [4.69, 9.17) is 0 Å². The Morgan fingerprint density at radius 3 is 1.82 bits per heavy atom. The summed E-state index contributed by atoms with van der Waals surface area (Å²) >= 11 is 0. The molecule has 0 spiro atoms. The molecule has 0 aliphatic heterocycles. The number of aryl methyl sites for hydroxylation is 2. The number of fused-ring (bicyclic) bond motifs is 1. The van der Waals surface area contributed by atoms with Gasteiger partial charge in [0, 0.05) is 18.1 Å². The average molecular weight is 221 g/mol. The summed E-state index contributed by atoms with van der Waals surface area (Å²) in [7, 11) is 0. The molecule has 17 heavy (non-hydrogen) atoms. The van der Waals surface area contributed by atoms with Gasteiger partial charge in [0.15, 0.2) is 0 Å². The van der Waals surface area contributed by atoms with Crippen LogP contribution in [0.2, 0.25) is 0 Å². The van der Waals surface area contributed by atoms with Crippen LogP contribution in [0.3, 0.4) is 0 Å². The lowest BCUT2D eigenvalue weighted by molar-refractivity contribution is 1.08. The lowest BCUT2D eigenvalue weighted by atomic mass is 10.1. The molecule has 1 heteroatoms. The van der Waals surface area contributed by atoms with Crippen molar-refractivity contribution in [1.29, 1.82) is 0 Å². The Hall–Kier alpha value is -2.02. The van der Waals surface area contributed by atoms with Crippen LogP contribution in [-0.4, -0.2) is 4.57 Å². The van der Waals surface area contributed by atoms with Crippen LogP contribution in [0.5, 0.6) is 0 Å². The van der Waals surface area contributed by atoms with Gasteiger partial charge >= 0.3 is 0 Å². The minimum Gasteiger partial charge on any atom is -0.323 e. The Morgan fingerprint density at radius 2 is 1.29 bits per heavy atom. The molecule has 0 radical (unpaired) electrons. The number of hydrogen-bond donors (Lipinski definition) is 0. The van der Waals surface area contributed by atoms with Gasteiger partial charge in [-0.3, -0.25) is 0 Å². The topological polar surface area (TPSA) is 4.93 Å². The van der Waals surface area contributed by atoms with Crippen molar-refractivity contribution in [2.75, 3.05) is 0 Å². The molecule has 1 nitrogen and oxygen atoms in total. The molecule has 0 saturated heterocycles. The Morgan fingerprint density at radius 1 is 0.765 bits per heavy atom. The first-order chi connectivity index (χ1) is 8.22. The number of aromatic nitrogens is 1. The van der Waals surface area contributed by atoms with E-state index in [1.54, 1.807) is 0 Å². The Labute approximate surface area is 101 Å². The van der Waals surface area contributed by atoms with Crippen molar-refractivity contribution >= 4 is 10.8 Å². The van der Waals surface area contributed by atoms with Gasteiger partial charge in [-0.05, 0) is 47.9 Å². The Balaban J connectivity index is 2.20. The van der Waals surface area contributed by atoms with Gasteiger partial charge in [0.05, 0.1) is 0 Å². The van der Waals surface area contributed by atoms with Crippen LogP contribution in [0.25, 0.3) is 16.5 Å². The zero-order valence-electron chi connectivity index (χ0n) is 10.1. The van der Waals surface area contributed by atoms with Crippen LogP contribution in [0, 0.1) is 13.8 Å². The Kier molecular flexibility index (Phi) is 2.25. The summed E-state index contributed by atoms with van der Waals surface area (Å²) < 4.78 is 2.20. The molecule has 0 bridgehead atoms. The third-order valence-electron chi connectivity index (χ3n) is 3.06. The van der Waals surface area contributed by atoms with E-state index >= 15 is 0 Å². The predicted octanol–water partition coefficient (Wildman–Crippen LogP) is 4.25. The lowest BCUT2D eigenvalue weighted by Crippen LogP contribution is -1.91. The molecule has 0 N–H and O–H groups in total. The van der Waals surface area contributed by atoms with Crippen LogP contribution in [-0.2, 0) is 0 Å². The van der Waals surface area contributed by atoms with E-state index in [9.17, 15) is 0 Å². The summed E-state index contributed by atoms with van der Waals surface area (Å²) in [6.45, 7) is 4.28. The highest BCUT2D eigenvalue weighted by Gasteiger charge is 2.01. The van der Waals surface area contributed by atoms with Crippen molar-refractivity contribution < 1.29 is 0 Å². The molecule has 0 unspecified atom stereocenters. The number of hydrogen-bond acceptors (Lipinski definition) is 0. The minimum absolute atomic E-state index is 1.23. The van der Waals surface area contributed by atoms with Crippen LogP contribution in [0.4, 0.5) is 0 Å². The van der Waals surface area contributed by atoms with E-state index in [-0.39, 0.29) is 0 Å². The third kappa shape index (κ3) is 1.84. The Bertz CT molecular complexity index is 624. The quantitative estimate of drug-likeness (QED) is 0.579. The van der Waals surface area contributed by atoms with Gasteiger partial charge in [-0.2, -0.15) is 0 Å². The SMILES string of the molecule is Cc1cc(C)cc(-n2cc3ccccc3c2)c1. The molecular weight excluding hydrogens is 206 g/mol. The predicted molar refractivity (Wildman–Crippen MR) is 72.7 cm³/mol. The number of nitrogens with zero attached hydrogens (tertiary/aromatic N) is 1. The van der Waals surface area contributed by atoms with Crippen LogP contribution in [0.1, 0.15) is 11.1 Å². The summed E-state index contributed by atoms with van der Waals surface area (Å²) in [4.78, 5) is 0. The first-order valence-electron chi connectivity index (χ1n) is 5.88. The molecule has 3 aromatic rings. The first kappa shape index (κ1) is 10.2. The third-order valence-corrected chi connectivity index (χ3v) is 3.06. The minimum atomic E-state index is 1.23. The normalized spacial score (nSPS) is 10.9. The second-order valence-corrected chi connectivity index (χ2v) is 4.64. The first-order valence-corrected chi connectivity index (χ1v) is 5.88. The fourth-order valence-electron chi connectivity index (χ4n) is 2.33. The second-order valence-electron chi connectivity index (χ2n) is 4.64. The number of rotatable bonds is 1. The highest BCUT2D eigenvalue weighted by Crippen LogP contribution is 2.20. The largest absolute Gasteiger partial charge is 0.323 e. The second kappa shape index (κ2) is 3.77. The highest BCUT2D eigenvalue weighted by atomic mass is 14.9. The van der Waals surface area contributed by atoms with Gasteiger partial charge in [-0.15, -0.1) is 0 Å². The zero-order valence-corrected chi connectivity index (χ0v) is 10.1. The van der Waals surface area contributed by atoms with Gasteiger partial charge in [-0.1, -0.05) is 30.3 Å². The fourth-order valence-corrected chi connectivity index (χ4v) is 2.33. The maximum Gasteiger partial charge on any atom is 0.0455 e. The summed E-state index contributed by atoms with van der Waals surface area (Å²) in [6, 6.07) is 15.1. The molecule has 0 fully saturated rings. The van der Waals surface area contributed by atoms with E-state index in [1.807, 2.05) is 0 Å². The maximum absolute atomic E-state index is 2.21. The molecule has 0 aliphatic carbocycles. The molecule has 2 aromatic carbocycles. The van der Waals surface area contributed by atoms with E-state index in [0.717, 1.165) is 0 Å². The standard InChI is InChI=1S/C16H15N/c1-12-7-13(2)9-16(8-12)17-10-14-5-3-4-6-15(14)11-17/h3-11H,1-2H3.